The Kier molecular flexibility index (Phi) is 15.2. The molecular formula is C3H14N2O8S4. The number of nitrogens with one attached hydrogen (secondary N) is 2. The van der Waals surface area contributed by atoms with E-state index in [1.807, 2.05) is 0 Å². The number of hydrogen-bond acceptors (Lipinski definition) is 11. The molecule has 2 N–H and O–H groups in total. The fraction of sp³-hybridized carbons (Fsp3) is 1.00. The zero-order chi connectivity index (χ0) is 13.2. The first-order valence-corrected chi connectivity index (χ1v) is 7.51. The zero-order valence-electron chi connectivity index (χ0n) is 7.98. The molecule has 0 aromatic rings. The Bertz CT molecular complexity index is 317. The van der Waals surface area contributed by atoms with Gasteiger partial charge in [-0.15, -0.1) is 22.8 Å². The average molecular weight is 334 g/mol. The molecule has 0 saturated carbocycles. The summed E-state index contributed by atoms with van der Waals surface area (Å²) < 4.78 is 49.4. The lowest BCUT2D eigenvalue weighted by molar-refractivity contribution is -0.414. The lowest BCUT2D eigenvalue weighted by Gasteiger charge is -1.94. The molecule has 0 fully saturated rings. The topological polar surface area (TPSA) is 129 Å². The number of rotatable bonds is 6. The molecule has 108 valence electrons. The molecule has 0 aromatic heterocycles. The average Bonchev–Trinajstić information content (AvgIpc) is 1.99. The predicted molar refractivity (Wildman–Crippen MR) is 65.0 cm³/mol. The molecule has 14 heteroatoms. The summed E-state index contributed by atoms with van der Waals surface area (Å²) in [4.78, 5) is 7.58. The molecule has 0 rings (SSSR count). The highest BCUT2D eigenvalue weighted by molar-refractivity contribution is 8.04. The van der Waals surface area contributed by atoms with Gasteiger partial charge in [-0.3, -0.25) is 0 Å². The van der Waals surface area contributed by atoms with E-state index in [1.165, 1.54) is 4.13 Å². The van der Waals surface area contributed by atoms with Crippen LogP contribution in [0.15, 0.2) is 0 Å². The van der Waals surface area contributed by atoms with E-state index in [4.69, 9.17) is 0 Å². The van der Waals surface area contributed by atoms with Gasteiger partial charge in [0, 0.05) is 25.8 Å². The van der Waals surface area contributed by atoms with Crippen LogP contribution in [0.25, 0.3) is 0 Å². The van der Waals surface area contributed by atoms with E-state index >= 15 is 0 Å². The van der Waals surface area contributed by atoms with Gasteiger partial charge in [-0.25, -0.2) is 16.8 Å². The summed E-state index contributed by atoms with van der Waals surface area (Å²) in [6.45, 7) is 0. The summed E-state index contributed by atoms with van der Waals surface area (Å²) in [6.07, 6.45) is 1.54. The van der Waals surface area contributed by atoms with Crippen molar-refractivity contribution in [2.24, 2.45) is 0 Å². The molecule has 0 aliphatic heterocycles. The Hall–Kier alpha value is 0.360. The molecule has 10 nitrogen and oxygen atoms in total. The van der Waals surface area contributed by atoms with Crippen molar-refractivity contribution in [1.82, 2.24) is 9.77 Å². The highest BCUT2D eigenvalue weighted by atomic mass is 32.3. The molecule has 0 aliphatic rings. The second kappa shape index (κ2) is 11.5. The Morgan fingerprint density at radius 1 is 0.882 bits per heavy atom. The van der Waals surface area contributed by atoms with Crippen molar-refractivity contribution in [1.29, 1.82) is 0 Å². The zero-order valence-corrected chi connectivity index (χ0v) is 11.4. The number of hydrogen-bond donors (Lipinski definition) is 4. The van der Waals surface area contributed by atoms with E-state index in [0.717, 1.165) is 12.5 Å². The molecule has 0 aromatic carbocycles. The normalized spacial score (nSPS) is 11.1. The largest absolute Gasteiger partial charge is 0.221 e. The van der Waals surface area contributed by atoms with E-state index in [-0.39, 0.29) is 7.43 Å². The minimum Gasteiger partial charge on any atom is -0.212 e. The van der Waals surface area contributed by atoms with E-state index in [9.17, 15) is 16.8 Å². The second-order valence-electron chi connectivity index (χ2n) is 2.03. The van der Waals surface area contributed by atoms with Gasteiger partial charge in [0.25, 0.3) is 0 Å². The van der Waals surface area contributed by atoms with Gasteiger partial charge in [-0.2, -0.15) is 0 Å². The first-order valence-electron chi connectivity index (χ1n) is 3.00. The molecule has 0 amide bonds. The van der Waals surface area contributed by atoms with Gasteiger partial charge in [-0.05, 0) is 5.64 Å². The summed E-state index contributed by atoms with van der Waals surface area (Å²) in [7, 11) is -7.24. The van der Waals surface area contributed by atoms with Gasteiger partial charge in [0.05, 0.1) is 12.5 Å². The van der Waals surface area contributed by atoms with Crippen molar-refractivity contribution in [3.63, 3.8) is 0 Å². The Balaban J connectivity index is -0.000000224. The molecule has 17 heavy (non-hydrogen) atoms. The van der Waals surface area contributed by atoms with Crippen LogP contribution >= 0.6 is 25.8 Å². The Morgan fingerprint density at radius 2 is 1.18 bits per heavy atom. The minimum absolute atomic E-state index is 0. The van der Waals surface area contributed by atoms with Gasteiger partial charge in [0.15, 0.2) is 0 Å². The van der Waals surface area contributed by atoms with Crippen LogP contribution in [0.3, 0.4) is 0 Å². The highest BCUT2D eigenvalue weighted by Gasteiger charge is 2.08. The van der Waals surface area contributed by atoms with Crippen molar-refractivity contribution >= 4 is 45.9 Å². The van der Waals surface area contributed by atoms with E-state index < -0.39 is 20.0 Å². The van der Waals surface area contributed by atoms with Crippen molar-refractivity contribution in [2.75, 3.05) is 12.5 Å². The molecule has 0 unspecified atom stereocenters. The van der Waals surface area contributed by atoms with E-state index in [1.54, 1.807) is 5.64 Å². The molecule has 0 heterocycles. The van der Waals surface area contributed by atoms with E-state index in [2.05, 4.69) is 44.5 Å². The predicted octanol–water partition coefficient (Wildman–Crippen LogP) is -0.877. The van der Waals surface area contributed by atoms with Crippen LogP contribution in [0.1, 0.15) is 7.43 Å². The van der Waals surface area contributed by atoms with Crippen molar-refractivity contribution < 1.29 is 35.5 Å². The smallest absolute Gasteiger partial charge is 0.212 e. The molecular weight excluding hydrogens is 320 g/mol. The second-order valence-corrected chi connectivity index (χ2v) is 6.08. The van der Waals surface area contributed by atoms with Crippen LogP contribution in [-0.4, -0.2) is 29.3 Å². The third-order valence-electron chi connectivity index (χ3n) is 0.445. The van der Waals surface area contributed by atoms with Crippen LogP contribution in [0.2, 0.25) is 0 Å². The van der Waals surface area contributed by atoms with Crippen LogP contribution in [-0.2, 0) is 38.7 Å². The van der Waals surface area contributed by atoms with Crippen LogP contribution in [0.4, 0.5) is 0 Å². The van der Waals surface area contributed by atoms with Gasteiger partial charge in [0.2, 0.25) is 20.0 Å². The SMILES string of the molecule is C.CS(=O)(=O)NS(C)(=O)=O.SOONOOS. The Labute approximate surface area is 111 Å². The fourth-order valence-electron chi connectivity index (χ4n) is 0.319. The fourth-order valence-corrected chi connectivity index (χ4v) is 2.58. The summed E-state index contributed by atoms with van der Waals surface area (Å²) in [5, 5.41) is 0. The summed E-state index contributed by atoms with van der Waals surface area (Å²) in [5.74, 6) is 0. The van der Waals surface area contributed by atoms with Crippen LogP contribution in [0.5, 0.6) is 0 Å². The molecule has 0 atom stereocenters. The minimum atomic E-state index is -3.62. The maximum absolute atomic E-state index is 10.2. The van der Waals surface area contributed by atoms with Gasteiger partial charge >= 0.3 is 0 Å². The quantitative estimate of drug-likeness (QED) is 0.161. The first-order chi connectivity index (χ1) is 7.12. The number of sulfonamides is 2. The molecule has 0 spiro atoms. The number of thiol groups is 2. The third kappa shape index (κ3) is 31.4. The maximum Gasteiger partial charge on any atom is 0.221 e. The molecule has 0 radical (unpaired) electrons. The molecule has 0 aliphatic carbocycles. The van der Waals surface area contributed by atoms with Gasteiger partial charge in [-0.1, -0.05) is 7.43 Å². The monoisotopic (exact) mass is 334 g/mol. The van der Waals surface area contributed by atoms with Crippen molar-refractivity contribution in [3.8, 4) is 0 Å². The summed E-state index contributed by atoms with van der Waals surface area (Å²) in [6, 6.07) is 0. The van der Waals surface area contributed by atoms with Crippen LogP contribution < -0.4 is 9.77 Å². The van der Waals surface area contributed by atoms with Crippen LogP contribution in [0, 0.1) is 0 Å². The molecule has 0 saturated heterocycles. The molecule has 0 bridgehead atoms. The van der Waals surface area contributed by atoms with Gasteiger partial charge < -0.3 is 0 Å². The maximum atomic E-state index is 10.2. The van der Waals surface area contributed by atoms with Crippen molar-refractivity contribution in [2.45, 2.75) is 7.43 Å². The lowest BCUT2D eigenvalue weighted by Crippen LogP contribution is -2.27. The third-order valence-corrected chi connectivity index (χ3v) is 3.02. The first kappa shape index (κ1) is 22.5. The lowest BCUT2D eigenvalue weighted by atomic mass is 12.0. The van der Waals surface area contributed by atoms with E-state index in [0.29, 0.717) is 0 Å². The van der Waals surface area contributed by atoms with Gasteiger partial charge in [0.1, 0.15) is 0 Å². The highest BCUT2D eigenvalue weighted by Crippen LogP contribution is 1.79. The van der Waals surface area contributed by atoms with Crippen molar-refractivity contribution in [3.05, 3.63) is 0 Å². The Morgan fingerprint density at radius 3 is 1.29 bits per heavy atom. The standard InChI is InChI=1S/C2H7NO4S2.CH4.H3NO4S2/c1-8(4,5)3-9(2,6)7;;6-4-2-1-3-5-7/h3H,1-2H3;1H4;1,6-7H. The summed E-state index contributed by atoms with van der Waals surface area (Å²) in [5.41, 5.74) is 1.69. The summed E-state index contributed by atoms with van der Waals surface area (Å²) >= 11 is 6.30.